The van der Waals surface area contributed by atoms with E-state index in [0.717, 1.165) is 22.0 Å². The van der Waals surface area contributed by atoms with Crippen LogP contribution in [0.25, 0.3) is 22.0 Å². The molecule has 0 bridgehead atoms. The van der Waals surface area contributed by atoms with Gasteiger partial charge in [-0.05, 0) is 35.9 Å². The first-order valence-electron chi connectivity index (χ1n) is 5.86. The summed E-state index contributed by atoms with van der Waals surface area (Å²) in [6, 6.07) is 10.4. The Bertz CT molecular complexity index is 798. The number of fused-ring (bicyclic) bond motifs is 1. The lowest BCUT2D eigenvalue weighted by atomic mass is 10.0. The van der Waals surface area contributed by atoms with E-state index in [9.17, 15) is 9.90 Å². The molecule has 0 radical (unpaired) electrons. The van der Waals surface area contributed by atoms with Crippen LogP contribution in [0.3, 0.4) is 0 Å². The van der Waals surface area contributed by atoms with Crippen molar-refractivity contribution >= 4 is 34.7 Å². The van der Waals surface area contributed by atoms with Crippen molar-refractivity contribution in [2.24, 2.45) is 0 Å². The molecule has 3 aromatic rings. The summed E-state index contributed by atoms with van der Waals surface area (Å²) in [6.45, 7) is 0. The van der Waals surface area contributed by atoms with E-state index in [1.54, 1.807) is 12.1 Å². The van der Waals surface area contributed by atoms with Gasteiger partial charge in [0.05, 0.1) is 10.5 Å². The summed E-state index contributed by atoms with van der Waals surface area (Å²) in [7, 11) is 0. The summed E-state index contributed by atoms with van der Waals surface area (Å²) < 4.78 is 0. The Kier molecular flexibility index (Phi) is 3.04. The molecule has 0 saturated heterocycles. The lowest BCUT2D eigenvalue weighted by Gasteiger charge is -2.05. The summed E-state index contributed by atoms with van der Waals surface area (Å²) in [5.74, 6) is 0.582. The largest absolute Gasteiger partial charge is 0.508 e. The minimum atomic E-state index is 0.117. The van der Waals surface area contributed by atoms with E-state index in [-0.39, 0.29) is 5.75 Å². The van der Waals surface area contributed by atoms with E-state index in [0.29, 0.717) is 17.3 Å². The molecule has 0 spiro atoms. The number of rotatable bonds is 3. The number of amides is 1. The van der Waals surface area contributed by atoms with Gasteiger partial charge >= 0.3 is 0 Å². The van der Waals surface area contributed by atoms with E-state index < -0.39 is 0 Å². The fraction of sp³-hybridized carbons (Fsp3) is 0. The maximum absolute atomic E-state index is 10.5. The fourth-order valence-corrected chi connectivity index (χ4v) is 2.37. The van der Waals surface area contributed by atoms with Gasteiger partial charge in [-0.15, -0.1) is 0 Å². The highest BCUT2D eigenvalue weighted by atomic mass is 35.5. The zero-order valence-electron chi connectivity index (χ0n) is 10.2. The number of aromatic hydroxyl groups is 1. The average Bonchev–Trinajstić information content (AvgIpc) is 2.82. The van der Waals surface area contributed by atoms with Gasteiger partial charge in [-0.25, -0.2) is 0 Å². The van der Waals surface area contributed by atoms with Crippen LogP contribution in [0.5, 0.6) is 5.75 Å². The molecule has 3 rings (SSSR count). The van der Waals surface area contributed by atoms with Crippen molar-refractivity contribution in [3.05, 3.63) is 41.4 Å². The molecule has 5 nitrogen and oxygen atoms in total. The van der Waals surface area contributed by atoms with Crippen LogP contribution in [-0.2, 0) is 4.79 Å². The number of benzene rings is 2. The minimum Gasteiger partial charge on any atom is -0.508 e. The maximum atomic E-state index is 10.5. The highest BCUT2D eigenvalue weighted by Gasteiger charge is 2.09. The lowest BCUT2D eigenvalue weighted by molar-refractivity contribution is -0.105. The molecule has 0 atom stereocenters. The van der Waals surface area contributed by atoms with Gasteiger partial charge in [-0.2, -0.15) is 5.10 Å². The molecule has 2 aromatic carbocycles. The van der Waals surface area contributed by atoms with Gasteiger partial charge < -0.3 is 10.4 Å². The highest BCUT2D eigenvalue weighted by Crippen LogP contribution is 2.33. The predicted octanol–water partition coefficient (Wildman–Crippen LogP) is 3.16. The van der Waals surface area contributed by atoms with Crippen molar-refractivity contribution in [2.45, 2.75) is 0 Å². The van der Waals surface area contributed by atoms with Crippen molar-refractivity contribution in [3.63, 3.8) is 0 Å². The zero-order valence-corrected chi connectivity index (χ0v) is 11.0. The molecule has 1 aromatic heterocycles. The number of aromatic nitrogens is 2. The van der Waals surface area contributed by atoms with Crippen LogP contribution in [-0.4, -0.2) is 21.7 Å². The Morgan fingerprint density at radius 1 is 1.25 bits per heavy atom. The molecule has 0 unspecified atom stereocenters. The lowest BCUT2D eigenvalue weighted by Crippen LogP contribution is -1.93. The molecule has 0 fully saturated rings. The number of H-pyrrole nitrogens is 1. The smallest absolute Gasteiger partial charge is 0.212 e. The SMILES string of the molecule is O=CNc1n[nH]c2ccc(-c3ccc(O)cc3Cl)cc12. The minimum absolute atomic E-state index is 0.117. The summed E-state index contributed by atoms with van der Waals surface area (Å²) in [5.41, 5.74) is 2.48. The van der Waals surface area contributed by atoms with E-state index >= 15 is 0 Å². The zero-order chi connectivity index (χ0) is 14.1. The predicted molar refractivity (Wildman–Crippen MR) is 77.9 cm³/mol. The van der Waals surface area contributed by atoms with Gasteiger partial charge in [-0.3, -0.25) is 9.89 Å². The van der Waals surface area contributed by atoms with Crippen molar-refractivity contribution in [2.75, 3.05) is 5.32 Å². The first-order valence-corrected chi connectivity index (χ1v) is 6.24. The first kappa shape index (κ1) is 12.5. The number of carbonyl (C=O) groups excluding carboxylic acids is 1. The van der Waals surface area contributed by atoms with Crippen molar-refractivity contribution < 1.29 is 9.90 Å². The first-order chi connectivity index (χ1) is 9.69. The molecule has 0 aliphatic rings. The quantitative estimate of drug-likeness (QED) is 0.648. The number of aromatic amines is 1. The second-order valence-corrected chi connectivity index (χ2v) is 4.67. The highest BCUT2D eigenvalue weighted by molar-refractivity contribution is 6.33. The number of nitrogens with zero attached hydrogens (tertiary/aromatic N) is 1. The molecular formula is C14H10ClN3O2. The third-order valence-electron chi connectivity index (χ3n) is 3.02. The molecule has 0 aliphatic heterocycles. The van der Waals surface area contributed by atoms with E-state index in [1.807, 2.05) is 18.2 Å². The molecule has 3 N–H and O–H groups in total. The molecule has 0 aliphatic carbocycles. The van der Waals surface area contributed by atoms with Crippen LogP contribution in [0.2, 0.25) is 5.02 Å². The van der Waals surface area contributed by atoms with Crippen molar-refractivity contribution in [1.82, 2.24) is 10.2 Å². The maximum Gasteiger partial charge on any atom is 0.212 e. The Morgan fingerprint density at radius 3 is 2.85 bits per heavy atom. The standard InChI is InChI=1S/C14H10ClN3O2/c15-12-6-9(20)2-3-10(12)8-1-4-13-11(5-8)14(16-7-19)18-17-13/h1-7,20H,(H2,16,17,18,19). The van der Waals surface area contributed by atoms with E-state index in [2.05, 4.69) is 15.5 Å². The molecule has 1 amide bonds. The number of anilines is 1. The summed E-state index contributed by atoms with van der Waals surface area (Å²) >= 11 is 6.13. The number of hydrogen-bond donors (Lipinski definition) is 3. The van der Waals surface area contributed by atoms with Crippen LogP contribution in [0.1, 0.15) is 0 Å². The normalized spacial score (nSPS) is 10.7. The number of carbonyl (C=O) groups is 1. The fourth-order valence-electron chi connectivity index (χ4n) is 2.09. The van der Waals surface area contributed by atoms with Gasteiger partial charge in [0.25, 0.3) is 0 Å². The summed E-state index contributed by atoms with van der Waals surface area (Å²) in [5, 5.41) is 20.0. The van der Waals surface area contributed by atoms with Gasteiger partial charge in [0.1, 0.15) is 5.75 Å². The third-order valence-corrected chi connectivity index (χ3v) is 3.33. The molecule has 20 heavy (non-hydrogen) atoms. The molecular weight excluding hydrogens is 278 g/mol. The monoisotopic (exact) mass is 287 g/mol. The van der Waals surface area contributed by atoms with Crippen LogP contribution in [0.4, 0.5) is 5.82 Å². The second kappa shape index (κ2) is 4.86. The number of nitrogens with one attached hydrogen (secondary N) is 2. The number of phenols is 1. The van der Waals surface area contributed by atoms with Crippen LogP contribution in [0.15, 0.2) is 36.4 Å². The topological polar surface area (TPSA) is 78.0 Å². The molecule has 0 saturated carbocycles. The Balaban J connectivity index is 2.16. The van der Waals surface area contributed by atoms with Crippen molar-refractivity contribution in [3.8, 4) is 16.9 Å². The number of halogens is 1. The molecule has 6 heteroatoms. The van der Waals surface area contributed by atoms with Crippen molar-refractivity contribution in [1.29, 1.82) is 0 Å². The Labute approximate surface area is 119 Å². The summed E-state index contributed by atoms with van der Waals surface area (Å²) in [4.78, 5) is 10.5. The second-order valence-electron chi connectivity index (χ2n) is 4.26. The van der Waals surface area contributed by atoms with Gasteiger partial charge in [0.15, 0.2) is 5.82 Å². The van der Waals surface area contributed by atoms with Crippen LogP contribution in [0, 0.1) is 0 Å². The van der Waals surface area contributed by atoms with Gasteiger partial charge in [-0.1, -0.05) is 17.7 Å². The number of hydrogen-bond acceptors (Lipinski definition) is 3. The Morgan fingerprint density at radius 2 is 2.10 bits per heavy atom. The van der Waals surface area contributed by atoms with Gasteiger partial charge in [0, 0.05) is 10.9 Å². The van der Waals surface area contributed by atoms with E-state index in [4.69, 9.17) is 11.6 Å². The van der Waals surface area contributed by atoms with Crippen LogP contribution < -0.4 is 5.32 Å². The Hall–Kier alpha value is -2.53. The number of phenolic OH excluding ortho intramolecular Hbond substituents is 1. The van der Waals surface area contributed by atoms with E-state index in [1.165, 1.54) is 6.07 Å². The molecule has 100 valence electrons. The third kappa shape index (κ3) is 2.08. The summed E-state index contributed by atoms with van der Waals surface area (Å²) in [6.07, 6.45) is 0.579. The van der Waals surface area contributed by atoms with Gasteiger partial charge in [0.2, 0.25) is 6.41 Å². The van der Waals surface area contributed by atoms with Crippen LogP contribution >= 0.6 is 11.6 Å². The average molecular weight is 288 g/mol. The molecule has 1 heterocycles.